The number of benzene rings is 1. The Morgan fingerprint density at radius 1 is 1.28 bits per heavy atom. The van der Waals surface area contributed by atoms with Crippen LogP contribution < -0.4 is 5.32 Å². The van der Waals surface area contributed by atoms with E-state index in [0.717, 1.165) is 19.4 Å². The molecule has 1 aromatic rings. The normalized spacial score (nSPS) is 22.6. The second kappa shape index (κ2) is 8.82. The lowest BCUT2D eigenvalue weighted by molar-refractivity contribution is -0.134. The lowest BCUT2D eigenvalue weighted by atomic mass is 9.94. The van der Waals surface area contributed by atoms with E-state index in [1.807, 2.05) is 0 Å². The molecule has 160 valence electrons. The Bertz CT molecular complexity index is 743. The van der Waals surface area contributed by atoms with Gasteiger partial charge in [-0.25, -0.2) is 4.39 Å². The van der Waals surface area contributed by atoms with Crippen LogP contribution in [0.1, 0.15) is 63.7 Å². The fraction of sp³-hybridized carbons (Fsp3) is 0.652. The third-order valence-corrected chi connectivity index (χ3v) is 6.37. The molecule has 2 amide bonds. The molecule has 2 aliphatic heterocycles. The standard InChI is InChI=1S/C23H34FN3O2/c1-5-17(4)15-27-22(29)20(13-16(2)3)25-23(27)9-11-26(12-10-23)21(28)18-7-6-8-19(24)14-18/h6-8,14,16-17,20,25H,5,9-13,15H2,1-4H3. The second-order valence-electron chi connectivity index (χ2n) is 9.12. The average molecular weight is 404 g/mol. The summed E-state index contributed by atoms with van der Waals surface area (Å²) >= 11 is 0. The monoisotopic (exact) mass is 403 g/mol. The Balaban J connectivity index is 1.74. The Morgan fingerprint density at radius 3 is 2.55 bits per heavy atom. The predicted octanol–water partition coefficient (Wildman–Crippen LogP) is 3.65. The summed E-state index contributed by atoms with van der Waals surface area (Å²) in [5, 5.41) is 3.65. The number of hydrogen-bond donors (Lipinski definition) is 1. The molecule has 2 atom stereocenters. The minimum Gasteiger partial charge on any atom is -0.338 e. The summed E-state index contributed by atoms with van der Waals surface area (Å²) in [6.45, 7) is 10.5. The van der Waals surface area contributed by atoms with Crippen LogP contribution in [0, 0.1) is 17.7 Å². The molecule has 6 heteroatoms. The maximum absolute atomic E-state index is 13.5. The molecule has 0 bridgehead atoms. The molecule has 1 N–H and O–H groups in total. The van der Waals surface area contributed by atoms with Crippen molar-refractivity contribution in [2.24, 2.45) is 11.8 Å². The van der Waals surface area contributed by atoms with E-state index in [-0.39, 0.29) is 23.5 Å². The maximum atomic E-state index is 13.5. The van der Waals surface area contributed by atoms with Crippen molar-refractivity contribution < 1.29 is 14.0 Å². The number of nitrogens with zero attached hydrogens (tertiary/aromatic N) is 2. The topological polar surface area (TPSA) is 52.7 Å². The Kier molecular flexibility index (Phi) is 6.62. The van der Waals surface area contributed by atoms with Crippen LogP contribution in [0.3, 0.4) is 0 Å². The minimum absolute atomic E-state index is 0.143. The molecule has 0 radical (unpaired) electrons. The lowest BCUT2D eigenvalue weighted by Gasteiger charge is -2.45. The molecule has 2 aliphatic rings. The molecule has 2 fully saturated rings. The van der Waals surface area contributed by atoms with Crippen molar-refractivity contribution in [2.45, 2.75) is 65.1 Å². The van der Waals surface area contributed by atoms with Crippen molar-refractivity contribution in [2.75, 3.05) is 19.6 Å². The summed E-state index contributed by atoms with van der Waals surface area (Å²) < 4.78 is 13.5. The molecule has 2 saturated heterocycles. The van der Waals surface area contributed by atoms with Gasteiger partial charge in [0.1, 0.15) is 5.82 Å². The molecule has 1 aromatic carbocycles. The van der Waals surface area contributed by atoms with Gasteiger partial charge in [0.05, 0.1) is 11.7 Å². The predicted molar refractivity (Wildman–Crippen MR) is 112 cm³/mol. The van der Waals surface area contributed by atoms with E-state index in [0.29, 0.717) is 43.3 Å². The molecule has 0 saturated carbocycles. The van der Waals surface area contributed by atoms with Crippen molar-refractivity contribution in [1.29, 1.82) is 0 Å². The highest BCUT2D eigenvalue weighted by Crippen LogP contribution is 2.35. The average Bonchev–Trinajstić information content (AvgIpc) is 2.92. The Hall–Kier alpha value is -1.95. The number of likely N-dealkylation sites (tertiary alicyclic amines) is 1. The number of piperidine rings is 1. The van der Waals surface area contributed by atoms with Gasteiger partial charge in [-0.05, 0) is 36.5 Å². The smallest absolute Gasteiger partial charge is 0.253 e. The van der Waals surface area contributed by atoms with Gasteiger partial charge in [0, 0.05) is 38.0 Å². The minimum atomic E-state index is -0.399. The maximum Gasteiger partial charge on any atom is 0.253 e. The summed E-state index contributed by atoms with van der Waals surface area (Å²) in [4.78, 5) is 29.8. The molecule has 2 unspecified atom stereocenters. The molecule has 1 spiro atoms. The summed E-state index contributed by atoms with van der Waals surface area (Å²) in [6, 6.07) is 5.70. The van der Waals surface area contributed by atoms with E-state index in [1.54, 1.807) is 17.0 Å². The van der Waals surface area contributed by atoms with E-state index in [9.17, 15) is 14.0 Å². The second-order valence-corrected chi connectivity index (χ2v) is 9.12. The van der Waals surface area contributed by atoms with Crippen LogP contribution >= 0.6 is 0 Å². The first kappa shape index (κ1) is 21.8. The lowest BCUT2D eigenvalue weighted by Crippen LogP contribution is -2.60. The van der Waals surface area contributed by atoms with E-state index in [1.165, 1.54) is 12.1 Å². The van der Waals surface area contributed by atoms with E-state index >= 15 is 0 Å². The zero-order valence-electron chi connectivity index (χ0n) is 18.1. The van der Waals surface area contributed by atoms with Crippen LogP contribution in [0.2, 0.25) is 0 Å². The Labute approximate surface area is 173 Å². The number of amides is 2. The SMILES string of the molecule is CCC(C)CN1C(=O)C(CC(C)C)NC12CCN(C(=O)c1cccc(F)c1)CC2. The Morgan fingerprint density at radius 2 is 1.97 bits per heavy atom. The van der Waals surface area contributed by atoms with Gasteiger partial charge >= 0.3 is 0 Å². The largest absolute Gasteiger partial charge is 0.338 e. The summed E-state index contributed by atoms with van der Waals surface area (Å²) in [5.74, 6) is 0.525. The number of nitrogens with one attached hydrogen (secondary N) is 1. The van der Waals surface area contributed by atoms with E-state index in [2.05, 4.69) is 37.9 Å². The van der Waals surface area contributed by atoms with Gasteiger partial charge in [0.25, 0.3) is 5.91 Å². The third kappa shape index (κ3) is 4.63. The van der Waals surface area contributed by atoms with Gasteiger partial charge in [0.2, 0.25) is 5.91 Å². The summed E-state index contributed by atoms with van der Waals surface area (Å²) in [6.07, 6.45) is 3.25. The number of hydrogen-bond acceptors (Lipinski definition) is 3. The molecule has 3 rings (SSSR count). The molecule has 2 heterocycles. The van der Waals surface area contributed by atoms with Crippen LogP contribution in [0.15, 0.2) is 24.3 Å². The number of carbonyl (C=O) groups is 2. The molecular weight excluding hydrogens is 369 g/mol. The van der Waals surface area contributed by atoms with Gasteiger partial charge in [-0.15, -0.1) is 0 Å². The first-order valence-corrected chi connectivity index (χ1v) is 10.9. The fourth-order valence-electron chi connectivity index (χ4n) is 4.50. The highest BCUT2D eigenvalue weighted by atomic mass is 19.1. The van der Waals surface area contributed by atoms with Crippen molar-refractivity contribution in [3.63, 3.8) is 0 Å². The highest BCUT2D eigenvalue weighted by Gasteiger charge is 2.51. The number of rotatable bonds is 6. The van der Waals surface area contributed by atoms with Crippen molar-refractivity contribution in [1.82, 2.24) is 15.1 Å². The zero-order valence-corrected chi connectivity index (χ0v) is 18.1. The van der Waals surface area contributed by atoms with Crippen LogP contribution in [0.5, 0.6) is 0 Å². The zero-order chi connectivity index (χ0) is 21.2. The first-order chi connectivity index (χ1) is 13.8. The molecule has 29 heavy (non-hydrogen) atoms. The molecule has 0 aromatic heterocycles. The van der Waals surface area contributed by atoms with Crippen LogP contribution in [0.25, 0.3) is 0 Å². The van der Waals surface area contributed by atoms with Gasteiger partial charge in [-0.3, -0.25) is 14.9 Å². The highest BCUT2D eigenvalue weighted by molar-refractivity contribution is 5.94. The van der Waals surface area contributed by atoms with Crippen LogP contribution in [-0.4, -0.2) is 53.0 Å². The summed E-state index contributed by atoms with van der Waals surface area (Å²) in [7, 11) is 0. The molecule has 5 nitrogen and oxygen atoms in total. The molecular formula is C23H34FN3O2. The first-order valence-electron chi connectivity index (χ1n) is 10.9. The quantitative estimate of drug-likeness (QED) is 0.789. The summed E-state index contributed by atoms with van der Waals surface area (Å²) in [5.41, 5.74) is 0.00394. The number of carbonyl (C=O) groups excluding carboxylic acids is 2. The van der Waals surface area contributed by atoms with Gasteiger partial charge in [0.15, 0.2) is 0 Å². The van der Waals surface area contributed by atoms with E-state index in [4.69, 9.17) is 0 Å². The van der Waals surface area contributed by atoms with Crippen molar-refractivity contribution >= 4 is 11.8 Å². The molecule has 0 aliphatic carbocycles. The van der Waals surface area contributed by atoms with E-state index < -0.39 is 5.82 Å². The van der Waals surface area contributed by atoms with Gasteiger partial charge in [-0.2, -0.15) is 0 Å². The van der Waals surface area contributed by atoms with Crippen molar-refractivity contribution in [3.05, 3.63) is 35.6 Å². The van der Waals surface area contributed by atoms with Gasteiger partial charge in [-0.1, -0.05) is 40.2 Å². The van der Waals surface area contributed by atoms with Crippen molar-refractivity contribution in [3.8, 4) is 0 Å². The van der Waals surface area contributed by atoms with Crippen LogP contribution in [0.4, 0.5) is 4.39 Å². The third-order valence-electron chi connectivity index (χ3n) is 6.37. The van der Waals surface area contributed by atoms with Gasteiger partial charge < -0.3 is 9.80 Å². The van der Waals surface area contributed by atoms with Crippen LogP contribution in [-0.2, 0) is 4.79 Å². The fourth-order valence-corrected chi connectivity index (χ4v) is 4.50. The number of halogens is 1.